The molecule has 1 aliphatic heterocycles. The molecule has 1 heterocycles. The highest BCUT2D eigenvalue weighted by Crippen LogP contribution is 2.20. The zero-order valence-electron chi connectivity index (χ0n) is 13.4. The molecule has 1 unspecified atom stereocenters. The highest BCUT2D eigenvalue weighted by molar-refractivity contribution is 6.06. The first-order valence-electron chi connectivity index (χ1n) is 7.48. The number of hydrazone groups is 1. The Balaban J connectivity index is 0.00000264. The standard InChI is InChI=1S/C16H22N4O2.ClH/c1-11-10-15(22)18-19-16(11)13-4-6-14(7-5-13)20(12(2)21)9-3-8-17;/h4-7,11H,3,8-10,17H2,1-2H3,(H,18,22);1H. The molecule has 2 amide bonds. The number of hydrogen-bond donors (Lipinski definition) is 2. The van der Waals surface area contributed by atoms with Crippen molar-refractivity contribution >= 4 is 35.6 Å². The van der Waals surface area contributed by atoms with Gasteiger partial charge in [0.2, 0.25) is 11.8 Å². The van der Waals surface area contributed by atoms with Crippen LogP contribution in [0.15, 0.2) is 29.4 Å². The van der Waals surface area contributed by atoms with Crippen molar-refractivity contribution in [1.82, 2.24) is 5.43 Å². The summed E-state index contributed by atoms with van der Waals surface area (Å²) in [4.78, 5) is 24.7. The maximum Gasteiger partial charge on any atom is 0.240 e. The molecule has 0 bridgehead atoms. The van der Waals surface area contributed by atoms with Crippen LogP contribution in [-0.4, -0.2) is 30.6 Å². The van der Waals surface area contributed by atoms with Gasteiger partial charge in [-0.2, -0.15) is 5.10 Å². The minimum absolute atomic E-state index is 0. The van der Waals surface area contributed by atoms with E-state index in [1.54, 1.807) is 11.8 Å². The Labute approximate surface area is 142 Å². The smallest absolute Gasteiger partial charge is 0.240 e. The van der Waals surface area contributed by atoms with Crippen LogP contribution < -0.4 is 16.1 Å². The number of benzene rings is 1. The third-order valence-corrected chi connectivity index (χ3v) is 3.70. The molecule has 0 saturated carbocycles. The van der Waals surface area contributed by atoms with Crippen molar-refractivity contribution in [2.45, 2.75) is 26.7 Å². The molecule has 0 aliphatic carbocycles. The van der Waals surface area contributed by atoms with E-state index in [0.717, 1.165) is 23.4 Å². The van der Waals surface area contributed by atoms with Crippen molar-refractivity contribution in [1.29, 1.82) is 0 Å². The zero-order chi connectivity index (χ0) is 16.1. The third kappa shape index (κ3) is 4.77. The maximum absolute atomic E-state index is 11.7. The number of amides is 2. The Morgan fingerprint density at radius 2 is 2.04 bits per heavy atom. The van der Waals surface area contributed by atoms with E-state index in [1.165, 1.54) is 0 Å². The van der Waals surface area contributed by atoms with Gasteiger partial charge in [0.25, 0.3) is 0 Å². The van der Waals surface area contributed by atoms with Gasteiger partial charge in [0.05, 0.1) is 5.71 Å². The number of carbonyl (C=O) groups excluding carboxylic acids is 2. The molecule has 3 N–H and O–H groups in total. The number of carbonyl (C=O) groups is 2. The second-order valence-corrected chi connectivity index (χ2v) is 5.50. The summed E-state index contributed by atoms with van der Waals surface area (Å²) in [6.45, 7) is 4.69. The molecule has 1 aliphatic rings. The molecule has 7 heteroatoms. The van der Waals surface area contributed by atoms with Gasteiger partial charge in [0, 0.05) is 31.5 Å². The van der Waals surface area contributed by atoms with Crippen molar-refractivity contribution < 1.29 is 9.59 Å². The summed E-state index contributed by atoms with van der Waals surface area (Å²) in [5, 5.41) is 4.14. The van der Waals surface area contributed by atoms with Gasteiger partial charge in [-0.3, -0.25) is 9.59 Å². The molecule has 1 aromatic carbocycles. The first-order valence-corrected chi connectivity index (χ1v) is 7.48. The number of nitrogens with two attached hydrogens (primary N) is 1. The lowest BCUT2D eigenvalue weighted by Gasteiger charge is -2.22. The number of anilines is 1. The number of hydrogen-bond acceptors (Lipinski definition) is 4. The van der Waals surface area contributed by atoms with E-state index in [4.69, 9.17) is 5.73 Å². The number of nitrogens with zero attached hydrogens (tertiary/aromatic N) is 2. The molecule has 0 radical (unpaired) electrons. The first kappa shape index (κ1) is 19.1. The molecule has 0 saturated heterocycles. The SMILES string of the molecule is CC(=O)N(CCCN)c1ccc(C2=NNC(=O)CC2C)cc1.Cl. The summed E-state index contributed by atoms with van der Waals surface area (Å²) >= 11 is 0. The highest BCUT2D eigenvalue weighted by Gasteiger charge is 2.21. The van der Waals surface area contributed by atoms with Crippen molar-refractivity contribution in [3.63, 3.8) is 0 Å². The monoisotopic (exact) mass is 338 g/mol. The van der Waals surface area contributed by atoms with Crippen LogP contribution in [-0.2, 0) is 9.59 Å². The Morgan fingerprint density at radius 1 is 1.39 bits per heavy atom. The molecule has 1 aromatic rings. The van der Waals surface area contributed by atoms with Crippen LogP contribution in [0.1, 0.15) is 32.3 Å². The van der Waals surface area contributed by atoms with E-state index >= 15 is 0 Å². The van der Waals surface area contributed by atoms with E-state index in [0.29, 0.717) is 19.5 Å². The first-order chi connectivity index (χ1) is 10.5. The fraction of sp³-hybridized carbons (Fsp3) is 0.438. The quantitative estimate of drug-likeness (QED) is 0.856. The van der Waals surface area contributed by atoms with Gasteiger partial charge in [-0.15, -0.1) is 12.4 Å². The number of rotatable bonds is 5. The van der Waals surface area contributed by atoms with Crippen molar-refractivity contribution in [3.8, 4) is 0 Å². The maximum atomic E-state index is 11.7. The fourth-order valence-electron chi connectivity index (χ4n) is 2.53. The fourth-order valence-corrected chi connectivity index (χ4v) is 2.53. The van der Waals surface area contributed by atoms with E-state index < -0.39 is 0 Å². The normalized spacial score (nSPS) is 16.9. The summed E-state index contributed by atoms with van der Waals surface area (Å²) < 4.78 is 0. The highest BCUT2D eigenvalue weighted by atomic mass is 35.5. The molecule has 0 spiro atoms. The molecule has 0 aromatic heterocycles. The molecule has 23 heavy (non-hydrogen) atoms. The van der Waals surface area contributed by atoms with E-state index in [-0.39, 0.29) is 30.1 Å². The molecule has 1 atom stereocenters. The Morgan fingerprint density at radius 3 is 2.57 bits per heavy atom. The van der Waals surface area contributed by atoms with Crippen LogP contribution in [0.4, 0.5) is 5.69 Å². The number of nitrogens with one attached hydrogen (secondary N) is 1. The van der Waals surface area contributed by atoms with Gasteiger partial charge in [-0.1, -0.05) is 19.1 Å². The predicted molar refractivity (Wildman–Crippen MR) is 93.8 cm³/mol. The van der Waals surface area contributed by atoms with Crippen molar-refractivity contribution in [2.75, 3.05) is 18.0 Å². The predicted octanol–water partition coefficient (Wildman–Crippen LogP) is 1.67. The van der Waals surface area contributed by atoms with Crippen molar-refractivity contribution in [3.05, 3.63) is 29.8 Å². The van der Waals surface area contributed by atoms with Gasteiger partial charge in [0.15, 0.2) is 0 Å². The minimum atomic E-state index is -0.0580. The molecular formula is C16H23ClN4O2. The average Bonchev–Trinajstić information content (AvgIpc) is 2.48. The van der Waals surface area contributed by atoms with Crippen LogP contribution in [0, 0.1) is 5.92 Å². The second kappa shape index (κ2) is 8.64. The molecule has 0 fully saturated rings. The summed E-state index contributed by atoms with van der Waals surface area (Å²) in [7, 11) is 0. The largest absolute Gasteiger partial charge is 0.330 e. The zero-order valence-corrected chi connectivity index (χ0v) is 14.2. The van der Waals surface area contributed by atoms with Crippen LogP contribution >= 0.6 is 12.4 Å². The van der Waals surface area contributed by atoms with Crippen LogP contribution in [0.25, 0.3) is 0 Å². The number of halogens is 1. The Bertz CT molecular complexity index is 586. The van der Waals surface area contributed by atoms with Gasteiger partial charge >= 0.3 is 0 Å². The van der Waals surface area contributed by atoms with Crippen molar-refractivity contribution in [2.24, 2.45) is 16.8 Å². The second-order valence-electron chi connectivity index (χ2n) is 5.50. The van der Waals surface area contributed by atoms with Gasteiger partial charge in [-0.25, -0.2) is 5.43 Å². The van der Waals surface area contributed by atoms with Crippen LogP contribution in [0.3, 0.4) is 0 Å². The average molecular weight is 339 g/mol. The third-order valence-electron chi connectivity index (χ3n) is 3.70. The molecule has 6 nitrogen and oxygen atoms in total. The minimum Gasteiger partial charge on any atom is -0.330 e. The lowest BCUT2D eigenvalue weighted by molar-refractivity contribution is -0.122. The lowest BCUT2D eigenvalue weighted by atomic mass is 9.94. The summed E-state index contributed by atoms with van der Waals surface area (Å²) in [5.41, 5.74) is 10.7. The van der Waals surface area contributed by atoms with Crippen LogP contribution in [0.5, 0.6) is 0 Å². The summed E-state index contributed by atoms with van der Waals surface area (Å²) in [6.07, 6.45) is 1.20. The van der Waals surface area contributed by atoms with Gasteiger partial charge in [-0.05, 0) is 30.7 Å². The summed E-state index contributed by atoms with van der Waals surface area (Å²) in [6, 6.07) is 7.67. The van der Waals surface area contributed by atoms with E-state index in [9.17, 15) is 9.59 Å². The molecule has 2 rings (SSSR count). The summed E-state index contributed by atoms with van der Waals surface area (Å²) in [5.74, 6) is 0.0231. The van der Waals surface area contributed by atoms with Gasteiger partial charge in [0.1, 0.15) is 0 Å². The lowest BCUT2D eigenvalue weighted by Crippen LogP contribution is -2.32. The Hall–Kier alpha value is -1.92. The van der Waals surface area contributed by atoms with E-state index in [2.05, 4.69) is 10.5 Å². The van der Waals surface area contributed by atoms with E-state index in [1.807, 2.05) is 31.2 Å². The molecular weight excluding hydrogens is 316 g/mol. The topological polar surface area (TPSA) is 87.8 Å². The Kier molecular flexibility index (Phi) is 7.19. The molecule has 126 valence electrons. The van der Waals surface area contributed by atoms with Crippen LogP contribution in [0.2, 0.25) is 0 Å². The van der Waals surface area contributed by atoms with Gasteiger partial charge < -0.3 is 10.6 Å².